The zero-order valence-electron chi connectivity index (χ0n) is 9.40. The van der Waals surface area contributed by atoms with Crippen molar-refractivity contribution in [1.29, 1.82) is 0 Å². The number of benzene rings is 1. The van der Waals surface area contributed by atoms with Crippen molar-refractivity contribution >= 4 is 23.2 Å². The lowest BCUT2D eigenvalue weighted by Crippen LogP contribution is -2.14. The van der Waals surface area contributed by atoms with Crippen LogP contribution in [0, 0.1) is 0 Å². The summed E-state index contributed by atoms with van der Waals surface area (Å²) in [5, 5.41) is 5.13. The number of fused-ring (bicyclic) bond motifs is 1. The summed E-state index contributed by atoms with van der Waals surface area (Å²) in [5.74, 6) is 0.456. The number of aromatic amines is 1. The van der Waals surface area contributed by atoms with Gasteiger partial charge in [-0.05, 0) is 30.5 Å². The first-order chi connectivity index (χ1) is 7.84. The van der Waals surface area contributed by atoms with Crippen LogP contribution < -0.4 is 10.9 Å². The molecule has 1 aromatic carbocycles. The Balaban J connectivity index is 0.00000108. The highest BCUT2D eigenvalue weighted by atomic mass is 35.5. The highest BCUT2D eigenvalue weighted by Crippen LogP contribution is 2.21. The Morgan fingerprint density at radius 3 is 2.82 bits per heavy atom. The second kappa shape index (κ2) is 4.90. The average Bonchev–Trinajstić information content (AvgIpc) is 2.82. The van der Waals surface area contributed by atoms with Gasteiger partial charge < -0.3 is 10.3 Å². The molecule has 0 amide bonds. The number of rotatable bonds is 1. The number of hydrogen-bond acceptors (Lipinski definition) is 2. The number of halogens is 1. The Kier molecular flexibility index (Phi) is 3.50. The maximum absolute atomic E-state index is 11.9. The quantitative estimate of drug-likeness (QED) is 0.814. The molecular weight excluding hydrogens is 236 g/mol. The molecule has 0 bridgehead atoms. The smallest absolute Gasteiger partial charge is 0.256 e. The summed E-state index contributed by atoms with van der Waals surface area (Å²) in [6.45, 7) is 2.01. The van der Waals surface area contributed by atoms with E-state index in [0.29, 0.717) is 5.92 Å². The topological polar surface area (TPSA) is 44.9 Å². The normalized spacial score (nSPS) is 19.2. The third-order valence-corrected chi connectivity index (χ3v) is 3.27. The summed E-state index contributed by atoms with van der Waals surface area (Å²) >= 11 is 0. The predicted molar refractivity (Wildman–Crippen MR) is 72.0 cm³/mol. The van der Waals surface area contributed by atoms with Crippen LogP contribution in [-0.4, -0.2) is 18.1 Å². The van der Waals surface area contributed by atoms with E-state index in [2.05, 4.69) is 16.4 Å². The lowest BCUT2D eigenvalue weighted by atomic mass is 10.0. The van der Waals surface area contributed by atoms with Gasteiger partial charge in [0.25, 0.3) is 5.56 Å². The summed E-state index contributed by atoms with van der Waals surface area (Å²) in [6.07, 6.45) is 1.11. The predicted octanol–water partition coefficient (Wildman–Crippen LogP) is 2.03. The minimum absolute atomic E-state index is 0. The highest BCUT2D eigenvalue weighted by molar-refractivity contribution is 5.85. The van der Waals surface area contributed by atoms with Gasteiger partial charge >= 0.3 is 0 Å². The molecule has 90 valence electrons. The van der Waals surface area contributed by atoms with Gasteiger partial charge in [0.2, 0.25) is 0 Å². The molecule has 0 spiro atoms. The molecule has 3 nitrogen and oxygen atoms in total. The first-order valence-corrected chi connectivity index (χ1v) is 5.67. The van der Waals surface area contributed by atoms with Gasteiger partial charge in [-0.25, -0.2) is 0 Å². The van der Waals surface area contributed by atoms with Crippen LogP contribution in [0.15, 0.2) is 35.1 Å². The molecule has 4 heteroatoms. The van der Waals surface area contributed by atoms with Crippen LogP contribution in [0.2, 0.25) is 0 Å². The van der Waals surface area contributed by atoms with E-state index in [1.807, 2.05) is 24.3 Å². The minimum Gasteiger partial charge on any atom is -0.325 e. The molecule has 1 saturated heterocycles. The van der Waals surface area contributed by atoms with Crippen LogP contribution in [-0.2, 0) is 0 Å². The molecule has 0 aliphatic carbocycles. The van der Waals surface area contributed by atoms with E-state index in [4.69, 9.17) is 0 Å². The second-order valence-electron chi connectivity index (χ2n) is 4.33. The molecule has 2 N–H and O–H groups in total. The molecule has 17 heavy (non-hydrogen) atoms. The van der Waals surface area contributed by atoms with E-state index in [9.17, 15) is 4.79 Å². The van der Waals surface area contributed by atoms with Gasteiger partial charge in [-0.1, -0.05) is 18.2 Å². The lowest BCUT2D eigenvalue weighted by molar-refractivity contribution is 0.734. The van der Waals surface area contributed by atoms with Gasteiger partial charge in [0, 0.05) is 23.5 Å². The molecule has 0 radical (unpaired) electrons. The van der Waals surface area contributed by atoms with Gasteiger partial charge in [-0.3, -0.25) is 4.79 Å². The van der Waals surface area contributed by atoms with Gasteiger partial charge in [0.1, 0.15) is 0 Å². The van der Waals surface area contributed by atoms with Crippen LogP contribution in [0.4, 0.5) is 0 Å². The molecule has 1 fully saturated rings. The van der Waals surface area contributed by atoms with E-state index < -0.39 is 0 Å². The largest absolute Gasteiger partial charge is 0.325 e. The fourth-order valence-corrected chi connectivity index (χ4v) is 2.37. The second-order valence-corrected chi connectivity index (χ2v) is 4.33. The van der Waals surface area contributed by atoms with Crippen LogP contribution in [0.25, 0.3) is 10.8 Å². The van der Waals surface area contributed by atoms with Crippen molar-refractivity contribution in [2.24, 2.45) is 0 Å². The first kappa shape index (κ1) is 12.1. The van der Waals surface area contributed by atoms with E-state index in [1.54, 1.807) is 0 Å². The molecule has 1 aliphatic rings. The highest BCUT2D eigenvalue weighted by Gasteiger charge is 2.17. The lowest BCUT2D eigenvalue weighted by Gasteiger charge is -2.09. The molecule has 1 unspecified atom stereocenters. The molecule has 3 rings (SSSR count). The fourth-order valence-electron chi connectivity index (χ4n) is 2.37. The van der Waals surface area contributed by atoms with E-state index in [-0.39, 0.29) is 18.0 Å². The number of aromatic nitrogens is 1. The summed E-state index contributed by atoms with van der Waals surface area (Å²) in [7, 11) is 0. The molecule has 2 aromatic rings. The van der Waals surface area contributed by atoms with Crippen molar-refractivity contribution < 1.29 is 0 Å². The summed E-state index contributed by atoms with van der Waals surface area (Å²) in [4.78, 5) is 14.9. The number of H-pyrrole nitrogens is 1. The monoisotopic (exact) mass is 250 g/mol. The number of pyridine rings is 1. The van der Waals surface area contributed by atoms with E-state index in [1.165, 1.54) is 0 Å². The van der Waals surface area contributed by atoms with Crippen molar-refractivity contribution in [3.8, 4) is 0 Å². The van der Waals surface area contributed by atoms with E-state index >= 15 is 0 Å². The summed E-state index contributed by atoms with van der Waals surface area (Å²) < 4.78 is 0. The third kappa shape index (κ3) is 2.21. The molecule has 1 atom stereocenters. The average molecular weight is 251 g/mol. The maximum atomic E-state index is 11.9. The number of nitrogens with one attached hydrogen (secondary N) is 2. The zero-order valence-corrected chi connectivity index (χ0v) is 10.2. The molecule has 1 aliphatic heterocycles. The van der Waals surface area contributed by atoms with Crippen molar-refractivity contribution in [3.63, 3.8) is 0 Å². The first-order valence-electron chi connectivity index (χ1n) is 5.67. The van der Waals surface area contributed by atoms with Crippen LogP contribution in [0.3, 0.4) is 0 Å². The van der Waals surface area contributed by atoms with Gasteiger partial charge in [0.15, 0.2) is 0 Å². The van der Waals surface area contributed by atoms with Crippen molar-refractivity contribution in [3.05, 3.63) is 46.4 Å². The van der Waals surface area contributed by atoms with Crippen LogP contribution in [0.5, 0.6) is 0 Å². The third-order valence-electron chi connectivity index (χ3n) is 3.27. The Labute approximate surface area is 106 Å². The van der Waals surface area contributed by atoms with Crippen molar-refractivity contribution in [2.45, 2.75) is 12.3 Å². The van der Waals surface area contributed by atoms with Crippen molar-refractivity contribution in [2.75, 3.05) is 13.1 Å². The van der Waals surface area contributed by atoms with Crippen LogP contribution >= 0.6 is 12.4 Å². The SMILES string of the molecule is Cl.O=c1[nH]c(C2CCNC2)cc2ccccc12. The standard InChI is InChI=1S/C13H14N2O.ClH/c16-13-11-4-2-1-3-9(11)7-12(15-13)10-5-6-14-8-10;/h1-4,7,10,14H,5-6,8H2,(H,15,16);1H. The zero-order chi connectivity index (χ0) is 11.0. The molecular formula is C13H15ClN2O. The Hall–Kier alpha value is -1.32. The molecule has 0 saturated carbocycles. The molecule has 1 aromatic heterocycles. The van der Waals surface area contributed by atoms with Gasteiger partial charge in [-0.15, -0.1) is 12.4 Å². The van der Waals surface area contributed by atoms with Crippen LogP contribution in [0.1, 0.15) is 18.0 Å². The van der Waals surface area contributed by atoms with Gasteiger partial charge in [0.05, 0.1) is 0 Å². The summed E-state index contributed by atoms with van der Waals surface area (Å²) in [5.41, 5.74) is 1.09. The Morgan fingerprint density at radius 2 is 2.06 bits per heavy atom. The maximum Gasteiger partial charge on any atom is 0.256 e. The number of hydrogen-bond donors (Lipinski definition) is 2. The summed E-state index contributed by atoms with van der Waals surface area (Å²) in [6, 6.07) is 9.84. The van der Waals surface area contributed by atoms with Crippen molar-refractivity contribution in [1.82, 2.24) is 10.3 Å². The van der Waals surface area contributed by atoms with E-state index in [0.717, 1.165) is 36.0 Å². The minimum atomic E-state index is 0. The molecule has 2 heterocycles. The Bertz CT molecular complexity index is 573. The fraction of sp³-hybridized carbons (Fsp3) is 0.308. The Morgan fingerprint density at radius 1 is 1.24 bits per heavy atom. The van der Waals surface area contributed by atoms with Gasteiger partial charge in [-0.2, -0.15) is 0 Å².